The summed E-state index contributed by atoms with van der Waals surface area (Å²) in [6, 6.07) is 9.55. The molecule has 0 bridgehead atoms. The van der Waals surface area contributed by atoms with Crippen molar-refractivity contribution >= 4 is 16.7 Å². The zero-order valence-corrected chi connectivity index (χ0v) is 11.0. The molecule has 2 N–H and O–H groups in total. The van der Waals surface area contributed by atoms with E-state index in [0.29, 0.717) is 12.1 Å². The second-order valence-corrected chi connectivity index (χ2v) is 5.28. The quantitative estimate of drug-likeness (QED) is 0.842. The predicted molar refractivity (Wildman–Crippen MR) is 73.6 cm³/mol. The molecule has 0 radical (unpaired) electrons. The fourth-order valence-corrected chi connectivity index (χ4v) is 1.85. The van der Waals surface area contributed by atoms with Crippen LogP contribution in [0.4, 0.5) is 0 Å². The highest BCUT2D eigenvalue weighted by Gasteiger charge is 2.26. The Morgan fingerprint density at radius 1 is 1.28 bits per heavy atom. The van der Waals surface area contributed by atoms with Gasteiger partial charge in [0.2, 0.25) is 0 Å². The fourth-order valence-electron chi connectivity index (χ4n) is 1.85. The topological polar surface area (TPSA) is 56.0 Å². The summed E-state index contributed by atoms with van der Waals surface area (Å²) in [6.07, 6.45) is 0. The molecule has 3 heteroatoms. The molecule has 2 rings (SSSR count). The van der Waals surface area contributed by atoms with Crippen LogP contribution in [0, 0.1) is 12.3 Å². The molecule has 0 spiro atoms. The highest BCUT2D eigenvalue weighted by Crippen LogP contribution is 2.23. The number of nitrogens with two attached hydrogens (primary N) is 1. The van der Waals surface area contributed by atoms with Crippen LogP contribution in [0.2, 0.25) is 0 Å². The first-order valence-corrected chi connectivity index (χ1v) is 6.06. The second-order valence-electron chi connectivity index (χ2n) is 5.28. The number of aryl methyl sites for hydroxylation is 1. The molecular weight excluding hydrogens is 224 g/mol. The van der Waals surface area contributed by atoms with Crippen LogP contribution in [0.25, 0.3) is 10.9 Å². The Hall–Kier alpha value is -1.74. The fraction of sp³-hybridized carbons (Fsp3) is 0.333. The van der Waals surface area contributed by atoms with Crippen molar-refractivity contribution in [3.63, 3.8) is 0 Å². The average Bonchev–Trinajstić information content (AvgIpc) is 2.37. The third-order valence-corrected chi connectivity index (χ3v) is 3.22. The van der Waals surface area contributed by atoms with Crippen LogP contribution in [0.3, 0.4) is 0 Å². The lowest BCUT2D eigenvalue weighted by Crippen LogP contribution is -2.32. The van der Waals surface area contributed by atoms with E-state index < -0.39 is 5.41 Å². The molecule has 0 atom stereocenters. The van der Waals surface area contributed by atoms with Crippen molar-refractivity contribution < 1.29 is 4.79 Å². The zero-order valence-electron chi connectivity index (χ0n) is 11.0. The van der Waals surface area contributed by atoms with Crippen LogP contribution in [0.15, 0.2) is 30.3 Å². The summed E-state index contributed by atoms with van der Waals surface area (Å²) in [5.41, 5.74) is 7.71. The first-order valence-electron chi connectivity index (χ1n) is 6.06. The summed E-state index contributed by atoms with van der Waals surface area (Å²) < 4.78 is 0. The molecule has 2 aromatic rings. The van der Waals surface area contributed by atoms with Gasteiger partial charge >= 0.3 is 0 Å². The SMILES string of the molecule is Cc1ccc2cc(C(=O)C(C)(C)CN)ccc2n1. The molecule has 0 saturated carbocycles. The van der Waals surface area contributed by atoms with Crippen molar-refractivity contribution in [2.45, 2.75) is 20.8 Å². The number of nitrogens with zero attached hydrogens (tertiary/aromatic N) is 1. The van der Waals surface area contributed by atoms with Gasteiger partial charge in [-0.05, 0) is 31.2 Å². The Labute approximate surface area is 107 Å². The molecule has 0 aliphatic rings. The zero-order chi connectivity index (χ0) is 13.3. The van der Waals surface area contributed by atoms with Crippen molar-refractivity contribution in [1.82, 2.24) is 4.98 Å². The van der Waals surface area contributed by atoms with Crippen molar-refractivity contribution in [3.05, 3.63) is 41.6 Å². The number of hydrogen-bond acceptors (Lipinski definition) is 3. The monoisotopic (exact) mass is 242 g/mol. The number of pyridine rings is 1. The Kier molecular flexibility index (Phi) is 3.18. The van der Waals surface area contributed by atoms with Gasteiger partial charge in [0.1, 0.15) is 0 Å². The first-order chi connectivity index (χ1) is 8.44. The van der Waals surface area contributed by atoms with E-state index in [1.165, 1.54) is 0 Å². The average molecular weight is 242 g/mol. The van der Waals surface area contributed by atoms with E-state index >= 15 is 0 Å². The summed E-state index contributed by atoms with van der Waals surface area (Å²) in [5.74, 6) is 0.0764. The maximum atomic E-state index is 12.3. The van der Waals surface area contributed by atoms with Gasteiger partial charge in [-0.3, -0.25) is 9.78 Å². The van der Waals surface area contributed by atoms with Crippen molar-refractivity contribution in [3.8, 4) is 0 Å². The van der Waals surface area contributed by atoms with Crippen LogP contribution >= 0.6 is 0 Å². The van der Waals surface area contributed by atoms with Gasteiger partial charge in [0.15, 0.2) is 5.78 Å². The van der Waals surface area contributed by atoms with Crippen LogP contribution < -0.4 is 5.73 Å². The normalized spacial score (nSPS) is 11.8. The van der Waals surface area contributed by atoms with Crippen LogP contribution in [-0.2, 0) is 0 Å². The van der Waals surface area contributed by atoms with E-state index in [2.05, 4.69) is 4.98 Å². The minimum Gasteiger partial charge on any atom is -0.329 e. The van der Waals surface area contributed by atoms with Gasteiger partial charge in [-0.2, -0.15) is 0 Å². The molecule has 0 aliphatic carbocycles. The maximum Gasteiger partial charge on any atom is 0.169 e. The minimum absolute atomic E-state index is 0.0764. The van der Waals surface area contributed by atoms with Gasteiger partial charge < -0.3 is 5.73 Å². The summed E-state index contributed by atoms with van der Waals surface area (Å²) in [7, 11) is 0. The lowest BCUT2D eigenvalue weighted by atomic mass is 9.84. The number of carbonyl (C=O) groups excluding carboxylic acids is 1. The smallest absolute Gasteiger partial charge is 0.169 e. The van der Waals surface area contributed by atoms with E-state index in [-0.39, 0.29) is 5.78 Å². The molecule has 94 valence electrons. The third kappa shape index (κ3) is 2.27. The number of benzene rings is 1. The molecular formula is C15H18N2O. The van der Waals surface area contributed by atoms with Crippen LogP contribution in [0.5, 0.6) is 0 Å². The third-order valence-electron chi connectivity index (χ3n) is 3.22. The number of Topliss-reactive ketones (excluding diaryl/α,β-unsaturated/α-hetero) is 1. The van der Waals surface area contributed by atoms with E-state index in [1.807, 2.05) is 51.1 Å². The summed E-state index contributed by atoms with van der Waals surface area (Å²) in [5, 5.41) is 0.985. The Bertz CT molecular complexity index is 602. The number of aromatic nitrogens is 1. The predicted octanol–water partition coefficient (Wildman–Crippen LogP) is 2.71. The van der Waals surface area contributed by atoms with Gasteiger partial charge in [-0.1, -0.05) is 19.9 Å². The molecule has 0 amide bonds. The van der Waals surface area contributed by atoms with E-state index in [0.717, 1.165) is 16.6 Å². The molecule has 0 fully saturated rings. The van der Waals surface area contributed by atoms with Crippen molar-refractivity contribution in [2.24, 2.45) is 11.1 Å². The number of rotatable bonds is 3. The van der Waals surface area contributed by atoms with Gasteiger partial charge in [0, 0.05) is 28.6 Å². The molecule has 1 heterocycles. The minimum atomic E-state index is -0.522. The molecule has 0 unspecified atom stereocenters. The Morgan fingerprint density at radius 3 is 2.67 bits per heavy atom. The highest BCUT2D eigenvalue weighted by atomic mass is 16.1. The summed E-state index contributed by atoms with van der Waals surface area (Å²) >= 11 is 0. The molecule has 3 nitrogen and oxygen atoms in total. The Balaban J connectivity index is 2.48. The van der Waals surface area contributed by atoms with E-state index in [9.17, 15) is 4.79 Å². The number of fused-ring (bicyclic) bond motifs is 1. The van der Waals surface area contributed by atoms with Gasteiger partial charge in [-0.25, -0.2) is 0 Å². The highest BCUT2D eigenvalue weighted by molar-refractivity contribution is 6.02. The van der Waals surface area contributed by atoms with Crippen LogP contribution in [-0.4, -0.2) is 17.3 Å². The Morgan fingerprint density at radius 2 is 2.00 bits per heavy atom. The summed E-state index contributed by atoms with van der Waals surface area (Å²) in [6.45, 7) is 6.03. The molecule has 0 aliphatic heterocycles. The van der Waals surface area contributed by atoms with Crippen LogP contribution in [0.1, 0.15) is 29.9 Å². The van der Waals surface area contributed by atoms with Gasteiger partial charge in [-0.15, -0.1) is 0 Å². The number of carbonyl (C=O) groups is 1. The molecule has 18 heavy (non-hydrogen) atoms. The maximum absolute atomic E-state index is 12.3. The number of hydrogen-bond donors (Lipinski definition) is 1. The first kappa shape index (κ1) is 12.7. The van der Waals surface area contributed by atoms with Gasteiger partial charge in [0.25, 0.3) is 0 Å². The molecule has 1 aromatic carbocycles. The van der Waals surface area contributed by atoms with Crippen molar-refractivity contribution in [1.29, 1.82) is 0 Å². The molecule has 0 saturated heterocycles. The van der Waals surface area contributed by atoms with E-state index in [1.54, 1.807) is 0 Å². The second kappa shape index (κ2) is 4.50. The van der Waals surface area contributed by atoms with Crippen molar-refractivity contribution in [2.75, 3.05) is 6.54 Å². The van der Waals surface area contributed by atoms with E-state index in [4.69, 9.17) is 5.73 Å². The lowest BCUT2D eigenvalue weighted by molar-refractivity contribution is 0.0847. The lowest BCUT2D eigenvalue weighted by Gasteiger charge is -2.20. The summed E-state index contributed by atoms with van der Waals surface area (Å²) in [4.78, 5) is 16.7. The molecule has 1 aromatic heterocycles. The standard InChI is InChI=1S/C15H18N2O/c1-10-4-5-11-8-12(6-7-13(11)17-10)14(18)15(2,3)9-16/h4-8H,9,16H2,1-3H3. The largest absolute Gasteiger partial charge is 0.329 e. The van der Waals surface area contributed by atoms with Gasteiger partial charge in [0.05, 0.1) is 5.52 Å². The number of ketones is 1.